The molecule has 0 bridgehead atoms. The van der Waals surface area contributed by atoms with E-state index in [1.165, 1.54) is 0 Å². The van der Waals surface area contributed by atoms with E-state index in [9.17, 15) is 13.2 Å². The summed E-state index contributed by atoms with van der Waals surface area (Å²) >= 11 is 0. The number of sulfone groups is 1. The van der Waals surface area contributed by atoms with Gasteiger partial charge in [-0.1, -0.05) is 22.9 Å². The number of rotatable bonds is 3. The average molecular weight is 348 g/mol. The Morgan fingerprint density at radius 1 is 1.25 bits per heavy atom. The number of hydrogen-bond acceptors (Lipinski definition) is 5. The van der Waals surface area contributed by atoms with Crippen molar-refractivity contribution in [3.05, 3.63) is 41.2 Å². The molecule has 24 heavy (non-hydrogen) atoms. The Labute approximate surface area is 141 Å². The van der Waals surface area contributed by atoms with Crippen LogP contribution in [0.3, 0.4) is 0 Å². The Morgan fingerprint density at radius 3 is 2.62 bits per heavy atom. The van der Waals surface area contributed by atoms with Gasteiger partial charge in [0, 0.05) is 6.04 Å². The lowest BCUT2D eigenvalue weighted by Crippen LogP contribution is -2.43. The summed E-state index contributed by atoms with van der Waals surface area (Å²) < 4.78 is 25.0. The zero-order valence-electron chi connectivity index (χ0n) is 13.7. The number of carbonyl (C=O) groups is 1. The number of nitrogens with zero attached hydrogens (tertiary/aromatic N) is 3. The van der Waals surface area contributed by atoms with E-state index in [1.807, 2.05) is 31.2 Å². The van der Waals surface area contributed by atoms with Gasteiger partial charge in [-0.15, -0.1) is 5.10 Å². The highest BCUT2D eigenvalue weighted by Crippen LogP contribution is 2.15. The van der Waals surface area contributed by atoms with Gasteiger partial charge >= 0.3 is 0 Å². The van der Waals surface area contributed by atoms with Crippen molar-refractivity contribution >= 4 is 15.7 Å². The lowest BCUT2D eigenvalue weighted by atomic mass is 10.2. The third kappa shape index (κ3) is 3.48. The van der Waals surface area contributed by atoms with Crippen LogP contribution in [0.2, 0.25) is 0 Å². The predicted molar refractivity (Wildman–Crippen MR) is 90.0 cm³/mol. The van der Waals surface area contributed by atoms with Crippen molar-refractivity contribution in [2.24, 2.45) is 0 Å². The van der Waals surface area contributed by atoms with Gasteiger partial charge in [-0.25, -0.2) is 13.1 Å². The van der Waals surface area contributed by atoms with Crippen molar-refractivity contribution in [1.82, 2.24) is 20.3 Å². The molecule has 0 spiro atoms. The number of nitrogens with one attached hydrogen (secondary N) is 1. The lowest BCUT2D eigenvalue weighted by Gasteiger charge is -2.22. The number of hydrogen-bond donors (Lipinski definition) is 1. The minimum atomic E-state index is -3.07. The fraction of sp³-hybridized carbons (Fsp3) is 0.438. The molecule has 2 aromatic rings. The number of aromatic nitrogens is 3. The smallest absolute Gasteiger partial charge is 0.274 e. The normalized spacial score (nSPS) is 19.8. The molecular formula is C16H20N4O3S. The largest absolute Gasteiger partial charge is 0.347 e. The van der Waals surface area contributed by atoms with Gasteiger partial charge in [0.2, 0.25) is 0 Å². The van der Waals surface area contributed by atoms with E-state index in [4.69, 9.17) is 0 Å². The van der Waals surface area contributed by atoms with E-state index >= 15 is 0 Å². The van der Waals surface area contributed by atoms with Crippen LogP contribution in [0.5, 0.6) is 0 Å². The van der Waals surface area contributed by atoms with Gasteiger partial charge in [-0.3, -0.25) is 4.79 Å². The van der Waals surface area contributed by atoms with Gasteiger partial charge in [0.05, 0.1) is 22.9 Å². The molecule has 1 aliphatic heterocycles. The maximum atomic E-state index is 12.4. The molecule has 1 aliphatic rings. The van der Waals surface area contributed by atoms with Gasteiger partial charge in [0.1, 0.15) is 0 Å². The third-order valence-corrected chi connectivity index (χ3v) is 6.01. The Bertz CT molecular complexity index is 856. The minimum absolute atomic E-state index is 0.0100. The molecule has 1 aromatic heterocycles. The quantitative estimate of drug-likeness (QED) is 0.899. The van der Waals surface area contributed by atoms with Crippen LogP contribution in [-0.2, 0) is 9.84 Å². The van der Waals surface area contributed by atoms with Crippen LogP contribution in [0.15, 0.2) is 24.3 Å². The molecule has 1 N–H and O–H groups in total. The summed E-state index contributed by atoms with van der Waals surface area (Å²) in [6.07, 6.45) is 1.23. The van der Waals surface area contributed by atoms with Crippen molar-refractivity contribution in [2.45, 2.75) is 32.7 Å². The summed E-state index contributed by atoms with van der Waals surface area (Å²) in [5.41, 5.74) is 2.80. The van der Waals surface area contributed by atoms with Gasteiger partial charge in [-0.05, 0) is 38.8 Å². The lowest BCUT2D eigenvalue weighted by molar-refractivity contribution is 0.0932. The highest BCUT2D eigenvalue weighted by atomic mass is 32.2. The molecule has 1 saturated heterocycles. The highest BCUT2D eigenvalue weighted by Gasteiger charge is 2.27. The van der Waals surface area contributed by atoms with E-state index in [2.05, 4.69) is 15.6 Å². The Hall–Kier alpha value is -2.22. The van der Waals surface area contributed by atoms with Crippen LogP contribution < -0.4 is 5.32 Å². The third-order valence-electron chi connectivity index (χ3n) is 4.19. The van der Waals surface area contributed by atoms with Crippen molar-refractivity contribution in [3.63, 3.8) is 0 Å². The molecule has 1 fully saturated rings. The summed E-state index contributed by atoms with van der Waals surface area (Å²) in [6, 6.07) is 7.38. The van der Waals surface area contributed by atoms with Crippen molar-refractivity contribution < 1.29 is 13.2 Å². The van der Waals surface area contributed by atoms with E-state index < -0.39 is 9.84 Å². The maximum Gasteiger partial charge on any atom is 0.274 e. The van der Waals surface area contributed by atoms with E-state index in [0.717, 1.165) is 11.3 Å². The monoisotopic (exact) mass is 348 g/mol. The van der Waals surface area contributed by atoms with Crippen molar-refractivity contribution in [3.8, 4) is 5.69 Å². The maximum absolute atomic E-state index is 12.4. The van der Waals surface area contributed by atoms with Crippen molar-refractivity contribution in [2.75, 3.05) is 11.5 Å². The zero-order valence-corrected chi connectivity index (χ0v) is 14.5. The minimum Gasteiger partial charge on any atom is -0.347 e. The van der Waals surface area contributed by atoms with E-state index in [0.29, 0.717) is 18.5 Å². The molecule has 0 radical (unpaired) electrons. The van der Waals surface area contributed by atoms with E-state index in [-0.39, 0.29) is 29.1 Å². The fourth-order valence-electron chi connectivity index (χ4n) is 2.86. The van der Waals surface area contributed by atoms with Gasteiger partial charge in [0.25, 0.3) is 5.91 Å². The molecule has 2 heterocycles. The average Bonchev–Trinajstić information content (AvgIpc) is 2.89. The van der Waals surface area contributed by atoms with Crippen LogP contribution >= 0.6 is 0 Å². The highest BCUT2D eigenvalue weighted by molar-refractivity contribution is 7.91. The summed E-state index contributed by atoms with van der Waals surface area (Å²) in [6.45, 7) is 3.77. The van der Waals surface area contributed by atoms with Gasteiger partial charge in [0.15, 0.2) is 15.5 Å². The Morgan fingerprint density at radius 2 is 1.96 bits per heavy atom. The number of carbonyl (C=O) groups excluding carboxylic acids is 1. The SMILES string of the molecule is Cc1ccc(-n2nnc(C(=O)N[C@H]3CCCS(=O)(=O)C3)c2C)cc1. The molecule has 0 unspecified atom stereocenters. The molecule has 1 aromatic carbocycles. The molecule has 0 aliphatic carbocycles. The van der Waals surface area contributed by atoms with E-state index in [1.54, 1.807) is 11.6 Å². The molecule has 8 heteroatoms. The van der Waals surface area contributed by atoms with Gasteiger partial charge < -0.3 is 5.32 Å². The van der Waals surface area contributed by atoms with Crippen LogP contribution in [-0.4, -0.2) is 46.9 Å². The molecule has 1 atom stereocenters. The van der Waals surface area contributed by atoms with Gasteiger partial charge in [-0.2, -0.15) is 0 Å². The molecular weight excluding hydrogens is 328 g/mol. The first kappa shape index (κ1) is 16.6. The summed E-state index contributed by atoms with van der Waals surface area (Å²) in [5.74, 6) is -0.195. The first-order valence-corrected chi connectivity index (χ1v) is 9.68. The topological polar surface area (TPSA) is 93.9 Å². The number of aryl methyl sites for hydroxylation is 1. The van der Waals surface area contributed by atoms with Crippen LogP contribution in [0.1, 0.15) is 34.6 Å². The molecule has 128 valence electrons. The molecule has 0 saturated carbocycles. The molecule has 7 nitrogen and oxygen atoms in total. The zero-order chi connectivity index (χ0) is 17.3. The Kier molecular flexibility index (Phi) is 4.40. The van der Waals surface area contributed by atoms with Crippen LogP contribution in [0, 0.1) is 13.8 Å². The standard InChI is InChI=1S/C16H20N4O3S/c1-11-5-7-14(8-6-11)20-12(2)15(18-19-20)16(21)17-13-4-3-9-24(22,23)10-13/h5-8,13H,3-4,9-10H2,1-2H3,(H,17,21)/t13-/m0/s1. The molecule has 1 amide bonds. The Balaban J connectivity index is 1.78. The summed E-state index contributed by atoms with van der Waals surface area (Å²) in [5, 5.41) is 10.8. The van der Waals surface area contributed by atoms with Crippen LogP contribution in [0.4, 0.5) is 0 Å². The van der Waals surface area contributed by atoms with Crippen LogP contribution in [0.25, 0.3) is 5.69 Å². The molecule has 3 rings (SSSR count). The second kappa shape index (κ2) is 6.35. The number of benzene rings is 1. The first-order chi connectivity index (χ1) is 11.4. The summed E-state index contributed by atoms with van der Waals surface area (Å²) in [4.78, 5) is 12.4. The fourth-order valence-corrected chi connectivity index (χ4v) is 4.50. The first-order valence-electron chi connectivity index (χ1n) is 7.86. The second-order valence-electron chi connectivity index (χ2n) is 6.20. The predicted octanol–water partition coefficient (Wildman–Crippen LogP) is 1.19. The second-order valence-corrected chi connectivity index (χ2v) is 8.43. The number of amides is 1. The van der Waals surface area contributed by atoms with Crippen molar-refractivity contribution in [1.29, 1.82) is 0 Å². The summed E-state index contributed by atoms with van der Waals surface area (Å²) in [7, 11) is -3.07.